The molecule has 0 radical (unpaired) electrons. The summed E-state index contributed by atoms with van der Waals surface area (Å²) in [5, 5.41) is 0. The molecule has 2 aliphatic rings. The SMILES string of the molecule is NC1(Cc2ccc3c(c2)OCCC3)CC1. The molecule has 2 nitrogen and oxygen atoms in total. The molecule has 0 spiro atoms. The average molecular weight is 203 g/mol. The van der Waals surface area contributed by atoms with Crippen LogP contribution in [0.25, 0.3) is 0 Å². The normalized spacial score (nSPS) is 21.7. The molecule has 0 amide bonds. The van der Waals surface area contributed by atoms with Gasteiger partial charge in [0.25, 0.3) is 0 Å². The van der Waals surface area contributed by atoms with E-state index in [1.807, 2.05) is 0 Å². The minimum Gasteiger partial charge on any atom is -0.493 e. The predicted octanol–water partition coefficient (Wildman–Crippen LogP) is 2.05. The van der Waals surface area contributed by atoms with Gasteiger partial charge in [-0.25, -0.2) is 0 Å². The second-order valence-corrected chi connectivity index (χ2v) is 4.93. The fourth-order valence-electron chi connectivity index (χ4n) is 2.24. The van der Waals surface area contributed by atoms with Gasteiger partial charge in [0.05, 0.1) is 6.61 Å². The highest BCUT2D eigenvalue weighted by atomic mass is 16.5. The Hall–Kier alpha value is -1.02. The van der Waals surface area contributed by atoms with E-state index in [0.717, 1.165) is 31.6 Å². The van der Waals surface area contributed by atoms with E-state index >= 15 is 0 Å². The van der Waals surface area contributed by atoms with Crippen molar-refractivity contribution in [3.05, 3.63) is 29.3 Å². The van der Waals surface area contributed by atoms with Crippen LogP contribution in [0.4, 0.5) is 0 Å². The lowest BCUT2D eigenvalue weighted by Crippen LogP contribution is -2.24. The molecule has 2 N–H and O–H groups in total. The Kier molecular flexibility index (Phi) is 1.99. The summed E-state index contributed by atoms with van der Waals surface area (Å²) in [6, 6.07) is 6.59. The Labute approximate surface area is 90.4 Å². The third kappa shape index (κ3) is 1.86. The van der Waals surface area contributed by atoms with Crippen LogP contribution in [-0.2, 0) is 12.8 Å². The summed E-state index contributed by atoms with van der Waals surface area (Å²) in [7, 11) is 0. The van der Waals surface area contributed by atoms with Gasteiger partial charge in [-0.15, -0.1) is 0 Å². The number of hydrogen-bond acceptors (Lipinski definition) is 2. The van der Waals surface area contributed by atoms with E-state index < -0.39 is 0 Å². The van der Waals surface area contributed by atoms with Crippen molar-refractivity contribution in [3.63, 3.8) is 0 Å². The molecule has 1 saturated carbocycles. The molecule has 1 aromatic carbocycles. The number of nitrogens with two attached hydrogens (primary N) is 1. The molecule has 15 heavy (non-hydrogen) atoms. The predicted molar refractivity (Wildman–Crippen MR) is 60.1 cm³/mol. The van der Waals surface area contributed by atoms with Crippen molar-refractivity contribution in [1.82, 2.24) is 0 Å². The van der Waals surface area contributed by atoms with Gasteiger partial charge in [-0.3, -0.25) is 0 Å². The number of fused-ring (bicyclic) bond motifs is 1. The van der Waals surface area contributed by atoms with Crippen LogP contribution < -0.4 is 10.5 Å². The zero-order chi connectivity index (χ0) is 10.3. The van der Waals surface area contributed by atoms with Gasteiger partial charge in [0, 0.05) is 5.54 Å². The molecule has 1 aliphatic heterocycles. The number of hydrogen-bond donors (Lipinski definition) is 1. The van der Waals surface area contributed by atoms with Crippen LogP contribution in [0.3, 0.4) is 0 Å². The van der Waals surface area contributed by atoms with E-state index in [9.17, 15) is 0 Å². The largest absolute Gasteiger partial charge is 0.493 e. The van der Waals surface area contributed by atoms with Crippen LogP contribution in [-0.4, -0.2) is 12.1 Å². The second kappa shape index (κ2) is 3.24. The maximum absolute atomic E-state index is 6.11. The lowest BCUT2D eigenvalue weighted by molar-refractivity contribution is 0.288. The molecule has 1 aliphatic carbocycles. The number of aryl methyl sites for hydroxylation is 1. The Balaban J connectivity index is 1.84. The van der Waals surface area contributed by atoms with Gasteiger partial charge in [-0.1, -0.05) is 12.1 Å². The molecular formula is C13H17NO. The van der Waals surface area contributed by atoms with Gasteiger partial charge >= 0.3 is 0 Å². The first-order chi connectivity index (χ1) is 7.25. The standard InChI is InChI=1S/C13H17NO/c14-13(5-6-13)9-10-3-4-11-2-1-7-15-12(11)8-10/h3-4,8H,1-2,5-7,9,14H2. The van der Waals surface area contributed by atoms with Crippen LogP contribution >= 0.6 is 0 Å². The lowest BCUT2D eigenvalue weighted by Gasteiger charge is -2.18. The lowest BCUT2D eigenvalue weighted by atomic mass is 9.99. The minimum absolute atomic E-state index is 0.100. The highest BCUT2D eigenvalue weighted by molar-refractivity contribution is 5.39. The first-order valence-corrected chi connectivity index (χ1v) is 5.79. The Bertz CT molecular complexity index is 382. The topological polar surface area (TPSA) is 35.2 Å². The first-order valence-electron chi connectivity index (χ1n) is 5.79. The zero-order valence-electron chi connectivity index (χ0n) is 8.96. The molecule has 0 unspecified atom stereocenters. The van der Waals surface area contributed by atoms with Crippen LogP contribution in [0.1, 0.15) is 30.4 Å². The van der Waals surface area contributed by atoms with E-state index in [1.165, 1.54) is 24.0 Å². The van der Waals surface area contributed by atoms with Crippen LogP contribution in [0.2, 0.25) is 0 Å². The van der Waals surface area contributed by atoms with Crippen molar-refractivity contribution in [3.8, 4) is 5.75 Å². The summed E-state index contributed by atoms with van der Waals surface area (Å²) in [6.07, 6.45) is 5.65. The summed E-state index contributed by atoms with van der Waals surface area (Å²) in [6.45, 7) is 0.865. The summed E-state index contributed by atoms with van der Waals surface area (Å²) in [5.74, 6) is 1.09. The van der Waals surface area contributed by atoms with Crippen molar-refractivity contribution in [1.29, 1.82) is 0 Å². The maximum atomic E-state index is 6.11. The van der Waals surface area contributed by atoms with E-state index in [2.05, 4.69) is 18.2 Å². The summed E-state index contributed by atoms with van der Waals surface area (Å²) >= 11 is 0. The molecule has 1 fully saturated rings. The zero-order valence-corrected chi connectivity index (χ0v) is 8.96. The fraction of sp³-hybridized carbons (Fsp3) is 0.538. The minimum atomic E-state index is 0.100. The number of benzene rings is 1. The van der Waals surface area contributed by atoms with Crippen LogP contribution in [0, 0.1) is 0 Å². The van der Waals surface area contributed by atoms with Crippen LogP contribution in [0.15, 0.2) is 18.2 Å². The van der Waals surface area contributed by atoms with E-state index in [4.69, 9.17) is 10.5 Å². The highest BCUT2D eigenvalue weighted by Gasteiger charge is 2.38. The molecule has 2 heteroatoms. The summed E-state index contributed by atoms with van der Waals surface area (Å²) in [4.78, 5) is 0. The second-order valence-electron chi connectivity index (χ2n) is 4.93. The van der Waals surface area contributed by atoms with Gasteiger partial charge < -0.3 is 10.5 Å². The van der Waals surface area contributed by atoms with Gasteiger partial charge in [0.1, 0.15) is 5.75 Å². The van der Waals surface area contributed by atoms with E-state index in [0.29, 0.717) is 0 Å². The first kappa shape index (κ1) is 9.22. The highest BCUT2D eigenvalue weighted by Crippen LogP contribution is 2.37. The van der Waals surface area contributed by atoms with Crippen molar-refractivity contribution in [2.45, 2.75) is 37.6 Å². The smallest absolute Gasteiger partial charge is 0.122 e. The van der Waals surface area contributed by atoms with Gasteiger partial charge in [-0.05, 0) is 49.3 Å². The molecule has 1 heterocycles. The third-order valence-electron chi connectivity index (χ3n) is 3.43. The monoisotopic (exact) mass is 203 g/mol. The van der Waals surface area contributed by atoms with Crippen molar-refractivity contribution in [2.24, 2.45) is 5.73 Å². The fourth-order valence-corrected chi connectivity index (χ4v) is 2.24. The Morgan fingerprint density at radius 1 is 1.33 bits per heavy atom. The number of ether oxygens (including phenoxy) is 1. The summed E-state index contributed by atoms with van der Waals surface area (Å²) < 4.78 is 5.66. The molecule has 3 rings (SSSR count). The van der Waals surface area contributed by atoms with Gasteiger partial charge in [0.2, 0.25) is 0 Å². The molecule has 0 aromatic heterocycles. The Morgan fingerprint density at radius 2 is 2.20 bits per heavy atom. The van der Waals surface area contributed by atoms with Crippen LogP contribution in [0.5, 0.6) is 5.75 Å². The van der Waals surface area contributed by atoms with Crippen molar-refractivity contribution < 1.29 is 4.74 Å². The molecule has 1 aromatic rings. The molecular weight excluding hydrogens is 186 g/mol. The quantitative estimate of drug-likeness (QED) is 0.798. The van der Waals surface area contributed by atoms with E-state index in [1.54, 1.807) is 0 Å². The van der Waals surface area contributed by atoms with Crippen molar-refractivity contribution in [2.75, 3.05) is 6.61 Å². The molecule has 0 atom stereocenters. The number of rotatable bonds is 2. The third-order valence-corrected chi connectivity index (χ3v) is 3.43. The Morgan fingerprint density at radius 3 is 3.00 bits per heavy atom. The maximum Gasteiger partial charge on any atom is 0.122 e. The molecule has 0 bridgehead atoms. The van der Waals surface area contributed by atoms with Crippen molar-refractivity contribution >= 4 is 0 Å². The molecule has 80 valence electrons. The average Bonchev–Trinajstić information content (AvgIpc) is 2.96. The van der Waals surface area contributed by atoms with Gasteiger partial charge in [0.15, 0.2) is 0 Å². The van der Waals surface area contributed by atoms with E-state index in [-0.39, 0.29) is 5.54 Å². The molecule has 0 saturated heterocycles. The van der Waals surface area contributed by atoms with Gasteiger partial charge in [-0.2, -0.15) is 0 Å². The summed E-state index contributed by atoms with van der Waals surface area (Å²) in [5.41, 5.74) is 8.90.